The molecule has 1 rings (SSSR count). The Balaban J connectivity index is 2.09. The van der Waals surface area contributed by atoms with Gasteiger partial charge in [0.15, 0.2) is 0 Å². The predicted molar refractivity (Wildman–Crippen MR) is 53.5 cm³/mol. The lowest BCUT2D eigenvalue weighted by Gasteiger charge is -2.22. The maximum absolute atomic E-state index is 11.3. The second-order valence-electron chi connectivity index (χ2n) is 3.69. The summed E-state index contributed by atoms with van der Waals surface area (Å²) in [5.74, 6) is -1.15. The third-order valence-electron chi connectivity index (χ3n) is 2.36. The number of hydrogen-bond donors (Lipinski definition) is 2. The molecular formula is C10H17NO4. The second kappa shape index (κ2) is 6.40. The molecule has 1 saturated heterocycles. The summed E-state index contributed by atoms with van der Waals surface area (Å²) in [6.07, 6.45) is 2.31. The Hall–Kier alpha value is -1.10. The van der Waals surface area contributed by atoms with Crippen LogP contribution in [0.1, 0.15) is 32.1 Å². The lowest BCUT2D eigenvalue weighted by molar-refractivity contribution is -0.150. The topological polar surface area (TPSA) is 75.6 Å². The minimum atomic E-state index is -0.871. The molecule has 1 aliphatic rings. The van der Waals surface area contributed by atoms with E-state index < -0.39 is 5.97 Å². The summed E-state index contributed by atoms with van der Waals surface area (Å²) in [6, 6.07) is 0. The highest BCUT2D eigenvalue weighted by molar-refractivity contribution is 5.71. The minimum Gasteiger partial charge on any atom is -0.481 e. The van der Waals surface area contributed by atoms with E-state index in [2.05, 4.69) is 5.32 Å². The summed E-state index contributed by atoms with van der Waals surface area (Å²) in [7, 11) is 0. The number of carbonyl (C=O) groups excluding carboxylic acids is 1. The molecule has 0 atom stereocenters. The van der Waals surface area contributed by atoms with E-state index in [0.717, 1.165) is 25.9 Å². The van der Waals surface area contributed by atoms with E-state index >= 15 is 0 Å². The van der Waals surface area contributed by atoms with Crippen molar-refractivity contribution in [2.45, 2.75) is 38.2 Å². The molecule has 0 aromatic rings. The van der Waals surface area contributed by atoms with Gasteiger partial charge in [0.05, 0.1) is 0 Å². The van der Waals surface area contributed by atoms with Crippen molar-refractivity contribution in [3.8, 4) is 0 Å². The van der Waals surface area contributed by atoms with Gasteiger partial charge in [-0.15, -0.1) is 0 Å². The fourth-order valence-electron chi connectivity index (χ4n) is 1.54. The number of esters is 1. The molecule has 86 valence electrons. The summed E-state index contributed by atoms with van der Waals surface area (Å²) >= 11 is 0. The normalized spacial score (nSPS) is 17.3. The van der Waals surface area contributed by atoms with Crippen molar-refractivity contribution in [1.82, 2.24) is 5.32 Å². The van der Waals surface area contributed by atoms with Crippen molar-refractivity contribution in [3.63, 3.8) is 0 Å². The van der Waals surface area contributed by atoms with Gasteiger partial charge in [0.1, 0.15) is 6.10 Å². The Morgan fingerprint density at radius 3 is 2.53 bits per heavy atom. The number of carbonyl (C=O) groups is 2. The van der Waals surface area contributed by atoms with Crippen molar-refractivity contribution < 1.29 is 19.4 Å². The van der Waals surface area contributed by atoms with Gasteiger partial charge in [-0.25, -0.2) is 0 Å². The summed E-state index contributed by atoms with van der Waals surface area (Å²) in [5, 5.41) is 11.6. The largest absolute Gasteiger partial charge is 0.481 e. The summed E-state index contributed by atoms with van der Waals surface area (Å²) < 4.78 is 5.20. The number of rotatable bonds is 5. The van der Waals surface area contributed by atoms with Crippen molar-refractivity contribution in [2.24, 2.45) is 0 Å². The number of piperidine rings is 1. The summed E-state index contributed by atoms with van der Waals surface area (Å²) in [5.41, 5.74) is 0. The fraction of sp³-hybridized carbons (Fsp3) is 0.800. The van der Waals surface area contributed by atoms with Gasteiger partial charge in [-0.05, 0) is 32.4 Å². The molecule has 0 unspecified atom stereocenters. The highest BCUT2D eigenvalue weighted by Crippen LogP contribution is 2.09. The van der Waals surface area contributed by atoms with E-state index in [4.69, 9.17) is 9.84 Å². The molecule has 0 saturated carbocycles. The Morgan fingerprint density at radius 1 is 1.27 bits per heavy atom. The molecule has 5 heteroatoms. The molecule has 15 heavy (non-hydrogen) atoms. The van der Waals surface area contributed by atoms with Gasteiger partial charge in [0.2, 0.25) is 0 Å². The second-order valence-corrected chi connectivity index (χ2v) is 3.69. The van der Waals surface area contributed by atoms with Crippen LogP contribution >= 0.6 is 0 Å². The molecule has 0 bridgehead atoms. The Morgan fingerprint density at radius 2 is 1.93 bits per heavy atom. The van der Waals surface area contributed by atoms with Crippen LogP contribution in [0.15, 0.2) is 0 Å². The molecule has 1 fully saturated rings. The predicted octanol–water partition coefficient (Wildman–Crippen LogP) is 0.536. The molecule has 5 nitrogen and oxygen atoms in total. The van der Waals surface area contributed by atoms with Crippen molar-refractivity contribution in [3.05, 3.63) is 0 Å². The highest BCUT2D eigenvalue weighted by atomic mass is 16.5. The van der Waals surface area contributed by atoms with Crippen LogP contribution in [0.4, 0.5) is 0 Å². The average molecular weight is 215 g/mol. The van der Waals surface area contributed by atoms with Gasteiger partial charge in [-0.3, -0.25) is 9.59 Å². The third-order valence-corrected chi connectivity index (χ3v) is 2.36. The molecule has 0 aromatic heterocycles. The van der Waals surface area contributed by atoms with Gasteiger partial charge in [0.25, 0.3) is 0 Å². The molecule has 0 aliphatic carbocycles. The van der Waals surface area contributed by atoms with Crippen LogP contribution in [0, 0.1) is 0 Å². The van der Waals surface area contributed by atoms with Crippen molar-refractivity contribution in [1.29, 1.82) is 0 Å². The number of carboxylic acids is 1. The van der Waals surface area contributed by atoms with E-state index in [1.807, 2.05) is 0 Å². The first-order valence-corrected chi connectivity index (χ1v) is 5.30. The molecule has 1 aliphatic heterocycles. The lowest BCUT2D eigenvalue weighted by atomic mass is 10.1. The summed E-state index contributed by atoms with van der Waals surface area (Å²) in [4.78, 5) is 21.5. The Bertz CT molecular complexity index is 223. The number of carboxylic acid groups (broad SMARTS) is 1. The zero-order valence-electron chi connectivity index (χ0n) is 8.70. The van der Waals surface area contributed by atoms with Crippen LogP contribution in [0.3, 0.4) is 0 Å². The molecule has 0 aromatic carbocycles. The van der Waals surface area contributed by atoms with Crippen molar-refractivity contribution in [2.75, 3.05) is 13.1 Å². The first-order chi connectivity index (χ1) is 7.18. The first-order valence-electron chi connectivity index (χ1n) is 5.30. The van der Waals surface area contributed by atoms with Gasteiger partial charge in [-0.1, -0.05) is 0 Å². The Kier molecular flexibility index (Phi) is 5.10. The molecule has 0 spiro atoms. The van der Waals surface area contributed by atoms with Crippen LogP contribution in [-0.2, 0) is 14.3 Å². The van der Waals surface area contributed by atoms with Crippen molar-refractivity contribution >= 4 is 11.9 Å². The number of nitrogens with one attached hydrogen (secondary N) is 1. The number of hydrogen-bond acceptors (Lipinski definition) is 4. The van der Waals surface area contributed by atoms with Crippen LogP contribution < -0.4 is 5.32 Å². The van der Waals surface area contributed by atoms with E-state index in [0.29, 0.717) is 6.42 Å². The molecular weight excluding hydrogens is 198 g/mol. The third kappa shape index (κ3) is 5.37. The van der Waals surface area contributed by atoms with Crippen LogP contribution in [0.25, 0.3) is 0 Å². The van der Waals surface area contributed by atoms with Gasteiger partial charge < -0.3 is 15.2 Å². The number of aliphatic carboxylic acids is 1. The van der Waals surface area contributed by atoms with E-state index in [-0.39, 0.29) is 24.9 Å². The van der Waals surface area contributed by atoms with E-state index in [9.17, 15) is 9.59 Å². The molecule has 0 amide bonds. The zero-order chi connectivity index (χ0) is 11.1. The Labute approximate surface area is 88.8 Å². The summed E-state index contributed by atoms with van der Waals surface area (Å²) in [6.45, 7) is 1.76. The number of ether oxygens (including phenoxy) is 1. The first kappa shape index (κ1) is 12.0. The fourth-order valence-corrected chi connectivity index (χ4v) is 1.54. The quantitative estimate of drug-likeness (QED) is 0.654. The lowest BCUT2D eigenvalue weighted by Crippen LogP contribution is -2.33. The standard InChI is InChI=1S/C10H17NO4/c12-9(13)2-1-3-10(14)15-8-4-6-11-7-5-8/h8,11H,1-7H2,(H,12,13). The van der Waals surface area contributed by atoms with Gasteiger partial charge in [0, 0.05) is 12.8 Å². The monoisotopic (exact) mass is 215 g/mol. The van der Waals surface area contributed by atoms with Crippen LogP contribution in [-0.4, -0.2) is 36.2 Å². The van der Waals surface area contributed by atoms with Crippen LogP contribution in [0.2, 0.25) is 0 Å². The SMILES string of the molecule is O=C(O)CCCC(=O)OC1CCNCC1. The van der Waals surface area contributed by atoms with Gasteiger partial charge in [-0.2, -0.15) is 0 Å². The maximum Gasteiger partial charge on any atom is 0.306 e. The average Bonchev–Trinajstić information content (AvgIpc) is 2.18. The smallest absolute Gasteiger partial charge is 0.306 e. The molecule has 2 N–H and O–H groups in total. The molecule has 0 radical (unpaired) electrons. The van der Waals surface area contributed by atoms with E-state index in [1.54, 1.807) is 0 Å². The van der Waals surface area contributed by atoms with E-state index in [1.165, 1.54) is 0 Å². The van der Waals surface area contributed by atoms with Crippen LogP contribution in [0.5, 0.6) is 0 Å². The minimum absolute atomic E-state index is 0.0172. The van der Waals surface area contributed by atoms with Gasteiger partial charge >= 0.3 is 11.9 Å². The highest BCUT2D eigenvalue weighted by Gasteiger charge is 2.17. The molecule has 1 heterocycles. The zero-order valence-corrected chi connectivity index (χ0v) is 8.70. The maximum atomic E-state index is 11.3.